The van der Waals surface area contributed by atoms with Crippen LogP contribution in [0.2, 0.25) is 0 Å². The van der Waals surface area contributed by atoms with Gasteiger partial charge in [0.1, 0.15) is 0 Å². The molecular weight excluding hydrogens is 318 g/mol. The third-order valence-corrected chi connectivity index (χ3v) is 6.00. The normalized spacial score (nSPS) is 27.9. The van der Waals surface area contributed by atoms with Crippen LogP contribution >= 0.6 is 27.3 Å². The van der Waals surface area contributed by atoms with E-state index in [1.165, 1.54) is 36.7 Å². The van der Waals surface area contributed by atoms with Crippen molar-refractivity contribution >= 4 is 27.3 Å². The molecule has 3 atom stereocenters. The standard InChI is InChI=1S/C16H26BrNS/c1-11(2)18-9-13-5-4-12(3)6-14(13)7-16-8-15(17)10-19-16/h8,10-14,18H,4-7,9H2,1-3H3. The molecule has 0 radical (unpaired) electrons. The molecule has 1 N–H and O–H groups in total. The van der Waals surface area contributed by atoms with Crippen LogP contribution < -0.4 is 5.32 Å². The number of halogens is 1. The Morgan fingerprint density at radius 1 is 1.37 bits per heavy atom. The first-order valence-corrected chi connectivity index (χ1v) is 9.18. The van der Waals surface area contributed by atoms with Crippen molar-refractivity contribution in [3.63, 3.8) is 0 Å². The van der Waals surface area contributed by atoms with Gasteiger partial charge in [0.15, 0.2) is 0 Å². The molecule has 1 saturated carbocycles. The lowest BCUT2D eigenvalue weighted by atomic mass is 9.73. The molecule has 108 valence electrons. The van der Waals surface area contributed by atoms with Gasteiger partial charge in [-0.05, 0) is 65.6 Å². The average molecular weight is 344 g/mol. The van der Waals surface area contributed by atoms with Crippen LogP contribution in [0.5, 0.6) is 0 Å². The van der Waals surface area contributed by atoms with Crippen LogP contribution in [0.4, 0.5) is 0 Å². The van der Waals surface area contributed by atoms with E-state index in [4.69, 9.17) is 0 Å². The molecule has 19 heavy (non-hydrogen) atoms. The fourth-order valence-electron chi connectivity index (χ4n) is 3.19. The van der Waals surface area contributed by atoms with Gasteiger partial charge in [-0.1, -0.05) is 27.2 Å². The van der Waals surface area contributed by atoms with Crippen LogP contribution in [0.3, 0.4) is 0 Å². The minimum Gasteiger partial charge on any atom is -0.314 e. The molecule has 0 saturated heterocycles. The van der Waals surface area contributed by atoms with Gasteiger partial charge in [-0.25, -0.2) is 0 Å². The minimum absolute atomic E-state index is 0.607. The quantitative estimate of drug-likeness (QED) is 0.783. The number of nitrogens with one attached hydrogen (secondary N) is 1. The highest BCUT2D eigenvalue weighted by Gasteiger charge is 2.28. The zero-order valence-electron chi connectivity index (χ0n) is 12.3. The molecule has 1 aromatic heterocycles. The van der Waals surface area contributed by atoms with E-state index >= 15 is 0 Å². The van der Waals surface area contributed by atoms with Crippen molar-refractivity contribution in [1.29, 1.82) is 0 Å². The summed E-state index contributed by atoms with van der Waals surface area (Å²) in [6.07, 6.45) is 5.48. The zero-order valence-corrected chi connectivity index (χ0v) is 14.7. The van der Waals surface area contributed by atoms with Crippen molar-refractivity contribution < 1.29 is 0 Å². The summed E-state index contributed by atoms with van der Waals surface area (Å²) in [5.41, 5.74) is 0. The molecule has 0 amide bonds. The summed E-state index contributed by atoms with van der Waals surface area (Å²) in [4.78, 5) is 1.54. The Bertz CT molecular complexity index is 388. The van der Waals surface area contributed by atoms with Gasteiger partial charge in [0.2, 0.25) is 0 Å². The van der Waals surface area contributed by atoms with Gasteiger partial charge in [0.05, 0.1) is 0 Å². The molecule has 1 heterocycles. The maximum atomic E-state index is 3.65. The number of rotatable bonds is 5. The molecular formula is C16H26BrNS. The van der Waals surface area contributed by atoms with Crippen molar-refractivity contribution in [2.45, 2.75) is 52.5 Å². The van der Waals surface area contributed by atoms with Crippen molar-refractivity contribution in [3.8, 4) is 0 Å². The fourth-order valence-corrected chi connectivity index (χ4v) is 4.73. The smallest absolute Gasteiger partial charge is 0.0285 e. The summed E-state index contributed by atoms with van der Waals surface area (Å²) < 4.78 is 1.24. The molecule has 1 aliphatic carbocycles. The largest absolute Gasteiger partial charge is 0.314 e. The summed E-state index contributed by atoms with van der Waals surface area (Å²) in [5, 5.41) is 5.86. The van der Waals surface area contributed by atoms with Gasteiger partial charge in [0.25, 0.3) is 0 Å². The Morgan fingerprint density at radius 2 is 2.16 bits per heavy atom. The molecule has 1 fully saturated rings. The van der Waals surface area contributed by atoms with Crippen LogP contribution in [0.25, 0.3) is 0 Å². The summed E-state index contributed by atoms with van der Waals surface area (Å²) in [7, 11) is 0. The van der Waals surface area contributed by atoms with Crippen LogP contribution in [0.15, 0.2) is 15.9 Å². The first kappa shape index (κ1) is 15.5. The zero-order chi connectivity index (χ0) is 13.8. The highest BCUT2D eigenvalue weighted by Crippen LogP contribution is 2.37. The topological polar surface area (TPSA) is 12.0 Å². The fraction of sp³-hybridized carbons (Fsp3) is 0.750. The van der Waals surface area contributed by atoms with Crippen molar-refractivity contribution in [2.75, 3.05) is 6.54 Å². The van der Waals surface area contributed by atoms with E-state index in [0.29, 0.717) is 6.04 Å². The predicted octanol–water partition coefficient (Wildman–Crippen LogP) is 5.10. The summed E-state index contributed by atoms with van der Waals surface area (Å²) in [5.74, 6) is 2.63. The lowest BCUT2D eigenvalue weighted by molar-refractivity contribution is 0.182. The lowest BCUT2D eigenvalue weighted by Crippen LogP contribution is -2.36. The first-order chi connectivity index (χ1) is 9.04. The summed E-state index contributed by atoms with van der Waals surface area (Å²) in [6.45, 7) is 8.11. The van der Waals surface area contributed by atoms with E-state index in [2.05, 4.69) is 53.5 Å². The molecule has 3 unspecified atom stereocenters. The second kappa shape index (κ2) is 7.24. The second-order valence-corrected chi connectivity index (χ2v) is 8.35. The highest BCUT2D eigenvalue weighted by molar-refractivity contribution is 9.10. The molecule has 1 aromatic rings. The average Bonchev–Trinajstić information content (AvgIpc) is 2.73. The van der Waals surface area contributed by atoms with Crippen LogP contribution in [0.1, 0.15) is 44.9 Å². The third kappa shape index (κ3) is 4.87. The predicted molar refractivity (Wildman–Crippen MR) is 88.9 cm³/mol. The Kier molecular flexibility index (Phi) is 5.91. The second-order valence-electron chi connectivity index (χ2n) is 6.44. The van der Waals surface area contributed by atoms with Gasteiger partial charge in [-0.2, -0.15) is 0 Å². The van der Waals surface area contributed by atoms with Crippen molar-refractivity contribution in [2.24, 2.45) is 17.8 Å². The van der Waals surface area contributed by atoms with Gasteiger partial charge >= 0.3 is 0 Å². The first-order valence-electron chi connectivity index (χ1n) is 7.51. The van der Waals surface area contributed by atoms with E-state index in [9.17, 15) is 0 Å². The van der Waals surface area contributed by atoms with Crippen LogP contribution in [-0.4, -0.2) is 12.6 Å². The molecule has 1 aliphatic rings. The Hall–Kier alpha value is 0.140. The van der Waals surface area contributed by atoms with Crippen molar-refractivity contribution in [3.05, 3.63) is 20.8 Å². The Labute approximate surface area is 130 Å². The van der Waals surface area contributed by atoms with E-state index in [1.807, 2.05) is 11.3 Å². The van der Waals surface area contributed by atoms with Crippen LogP contribution in [-0.2, 0) is 6.42 Å². The van der Waals surface area contributed by atoms with Gasteiger partial charge in [0, 0.05) is 20.8 Å². The van der Waals surface area contributed by atoms with Crippen LogP contribution in [0, 0.1) is 17.8 Å². The third-order valence-electron chi connectivity index (χ3n) is 4.28. The molecule has 2 rings (SSSR count). The maximum Gasteiger partial charge on any atom is 0.0285 e. The molecule has 3 heteroatoms. The van der Waals surface area contributed by atoms with Crippen molar-refractivity contribution in [1.82, 2.24) is 5.32 Å². The van der Waals surface area contributed by atoms with E-state index in [1.54, 1.807) is 4.88 Å². The van der Waals surface area contributed by atoms with E-state index in [0.717, 1.165) is 17.8 Å². The maximum absolute atomic E-state index is 3.65. The van der Waals surface area contributed by atoms with E-state index < -0.39 is 0 Å². The van der Waals surface area contributed by atoms with Gasteiger partial charge < -0.3 is 5.32 Å². The lowest BCUT2D eigenvalue weighted by Gasteiger charge is -2.35. The molecule has 0 aliphatic heterocycles. The molecule has 0 aromatic carbocycles. The Balaban J connectivity index is 1.95. The minimum atomic E-state index is 0.607. The summed E-state index contributed by atoms with van der Waals surface area (Å²) in [6, 6.07) is 2.91. The SMILES string of the molecule is CC1CCC(CNC(C)C)C(Cc2cc(Br)cs2)C1. The van der Waals surface area contributed by atoms with Gasteiger partial charge in [-0.15, -0.1) is 11.3 Å². The number of hydrogen-bond donors (Lipinski definition) is 1. The monoisotopic (exact) mass is 343 g/mol. The van der Waals surface area contributed by atoms with E-state index in [-0.39, 0.29) is 0 Å². The number of hydrogen-bond acceptors (Lipinski definition) is 2. The number of thiophene rings is 1. The molecule has 0 bridgehead atoms. The molecule has 1 nitrogen and oxygen atoms in total. The summed E-state index contributed by atoms with van der Waals surface area (Å²) >= 11 is 5.48. The molecule has 0 spiro atoms. The van der Waals surface area contributed by atoms with Gasteiger partial charge in [-0.3, -0.25) is 0 Å². The highest BCUT2D eigenvalue weighted by atomic mass is 79.9. The Morgan fingerprint density at radius 3 is 2.79 bits per heavy atom.